The second-order valence-corrected chi connectivity index (χ2v) is 2.97. The minimum atomic E-state index is -4.63. The van der Waals surface area contributed by atoms with Crippen molar-refractivity contribution in [3.05, 3.63) is 17.5 Å². The SMILES string of the molecule is CCn1cc([C@H](O)C(F)(F)F)c(C)n1. The average molecular weight is 208 g/mol. The standard InChI is InChI=1S/C8H11F3N2O/c1-3-13-4-6(5(2)12-13)7(14)8(9,10)11/h4,7,14H,3H2,1-2H3/t7-/m0/s1. The summed E-state index contributed by atoms with van der Waals surface area (Å²) in [6, 6.07) is 0. The molecule has 0 saturated heterocycles. The third kappa shape index (κ3) is 2.06. The van der Waals surface area contributed by atoms with E-state index < -0.39 is 12.3 Å². The Hall–Kier alpha value is -1.04. The quantitative estimate of drug-likeness (QED) is 0.804. The normalized spacial score (nSPS) is 14.4. The van der Waals surface area contributed by atoms with Crippen molar-refractivity contribution in [2.45, 2.75) is 32.7 Å². The predicted octanol–water partition coefficient (Wildman–Crippen LogP) is 1.81. The van der Waals surface area contributed by atoms with Gasteiger partial charge in [-0.15, -0.1) is 0 Å². The molecule has 0 radical (unpaired) electrons. The Balaban J connectivity index is 3.01. The van der Waals surface area contributed by atoms with Gasteiger partial charge in [0.2, 0.25) is 0 Å². The van der Waals surface area contributed by atoms with E-state index >= 15 is 0 Å². The number of alkyl halides is 3. The molecule has 0 saturated carbocycles. The van der Waals surface area contributed by atoms with Crippen molar-refractivity contribution in [2.24, 2.45) is 0 Å². The summed E-state index contributed by atoms with van der Waals surface area (Å²) in [4.78, 5) is 0. The van der Waals surface area contributed by atoms with Gasteiger partial charge in [0.15, 0.2) is 6.10 Å². The third-order valence-corrected chi connectivity index (χ3v) is 1.91. The van der Waals surface area contributed by atoms with E-state index in [9.17, 15) is 13.2 Å². The number of aliphatic hydroxyl groups is 1. The first kappa shape index (κ1) is 11.0. The second kappa shape index (κ2) is 3.61. The van der Waals surface area contributed by atoms with Gasteiger partial charge in [-0.05, 0) is 13.8 Å². The Morgan fingerprint density at radius 3 is 2.50 bits per heavy atom. The van der Waals surface area contributed by atoms with Crippen LogP contribution in [0.15, 0.2) is 6.20 Å². The number of hydrogen-bond acceptors (Lipinski definition) is 2. The zero-order valence-corrected chi connectivity index (χ0v) is 7.84. The van der Waals surface area contributed by atoms with Gasteiger partial charge in [-0.25, -0.2) is 0 Å². The molecule has 1 rings (SSSR count). The maximum Gasteiger partial charge on any atom is 0.418 e. The van der Waals surface area contributed by atoms with Crippen LogP contribution in [-0.4, -0.2) is 21.1 Å². The van der Waals surface area contributed by atoms with Gasteiger partial charge in [0.05, 0.1) is 5.69 Å². The van der Waals surface area contributed by atoms with E-state index in [1.165, 1.54) is 17.8 Å². The van der Waals surface area contributed by atoms with E-state index in [-0.39, 0.29) is 11.3 Å². The van der Waals surface area contributed by atoms with Crippen molar-refractivity contribution in [2.75, 3.05) is 0 Å². The van der Waals surface area contributed by atoms with Crippen molar-refractivity contribution < 1.29 is 18.3 Å². The lowest BCUT2D eigenvalue weighted by Crippen LogP contribution is -2.20. The topological polar surface area (TPSA) is 38.0 Å². The molecule has 0 aromatic carbocycles. The first-order valence-corrected chi connectivity index (χ1v) is 4.15. The molecule has 80 valence electrons. The molecule has 0 fully saturated rings. The van der Waals surface area contributed by atoms with E-state index in [0.29, 0.717) is 6.54 Å². The number of rotatable bonds is 2. The molecule has 1 aromatic heterocycles. The van der Waals surface area contributed by atoms with Gasteiger partial charge in [-0.2, -0.15) is 18.3 Å². The second-order valence-electron chi connectivity index (χ2n) is 2.97. The van der Waals surface area contributed by atoms with Crippen LogP contribution in [0.4, 0.5) is 13.2 Å². The lowest BCUT2D eigenvalue weighted by Gasteiger charge is -2.13. The highest BCUT2D eigenvalue weighted by Crippen LogP contribution is 2.33. The Kier molecular flexibility index (Phi) is 2.84. The van der Waals surface area contributed by atoms with Gasteiger partial charge in [0.25, 0.3) is 0 Å². The minimum absolute atomic E-state index is 0.181. The van der Waals surface area contributed by atoms with Crippen molar-refractivity contribution in [3.8, 4) is 0 Å². The van der Waals surface area contributed by atoms with Gasteiger partial charge in [-0.1, -0.05) is 0 Å². The van der Waals surface area contributed by atoms with Gasteiger partial charge >= 0.3 is 6.18 Å². The molecule has 0 aliphatic carbocycles. The zero-order chi connectivity index (χ0) is 10.9. The molecule has 3 nitrogen and oxygen atoms in total. The molecule has 0 bridgehead atoms. The Bertz CT molecular complexity index is 319. The van der Waals surface area contributed by atoms with Crippen LogP contribution in [0.1, 0.15) is 24.3 Å². The summed E-state index contributed by atoms with van der Waals surface area (Å²) in [5.41, 5.74) is 0.0241. The molecule has 1 atom stereocenters. The Labute approximate surface area is 79.2 Å². The fourth-order valence-electron chi connectivity index (χ4n) is 1.14. The van der Waals surface area contributed by atoms with Crippen LogP contribution in [0.25, 0.3) is 0 Å². The summed E-state index contributed by atoms with van der Waals surface area (Å²) in [6.07, 6.45) is -5.86. The predicted molar refractivity (Wildman–Crippen MR) is 43.7 cm³/mol. The van der Waals surface area contributed by atoms with Crippen LogP contribution >= 0.6 is 0 Å². The highest BCUT2D eigenvalue weighted by atomic mass is 19.4. The molecule has 1 aromatic rings. The lowest BCUT2D eigenvalue weighted by atomic mass is 10.1. The molecule has 6 heteroatoms. The number of aliphatic hydroxyl groups excluding tert-OH is 1. The molecule has 0 spiro atoms. The Morgan fingerprint density at radius 2 is 2.14 bits per heavy atom. The monoisotopic (exact) mass is 208 g/mol. The van der Waals surface area contributed by atoms with Gasteiger partial charge in [0.1, 0.15) is 0 Å². The van der Waals surface area contributed by atoms with E-state index in [2.05, 4.69) is 5.10 Å². The molecular formula is C8H11F3N2O. The maximum absolute atomic E-state index is 12.1. The van der Waals surface area contributed by atoms with Crippen LogP contribution in [0, 0.1) is 6.92 Å². The van der Waals surface area contributed by atoms with Crippen LogP contribution in [0.5, 0.6) is 0 Å². The average Bonchev–Trinajstić information content (AvgIpc) is 2.43. The molecule has 0 amide bonds. The first-order valence-electron chi connectivity index (χ1n) is 4.15. The summed E-state index contributed by atoms with van der Waals surface area (Å²) >= 11 is 0. The van der Waals surface area contributed by atoms with Crippen molar-refractivity contribution in [1.82, 2.24) is 9.78 Å². The highest BCUT2D eigenvalue weighted by molar-refractivity contribution is 5.19. The fraction of sp³-hybridized carbons (Fsp3) is 0.625. The number of hydrogen-bond donors (Lipinski definition) is 1. The molecular weight excluding hydrogens is 197 g/mol. The van der Waals surface area contributed by atoms with Crippen LogP contribution in [-0.2, 0) is 6.54 Å². The fourth-order valence-corrected chi connectivity index (χ4v) is 1.14. The van der Waals surface area contributed by atoms with Crippen LogP contribution in [0.3, 0.4) is 0 Å². The summed E-state index contributed by atoms with van der Waals surface area (Å²) in [6.45, 7) is 3.68. The largest absolute Gasteiger partial charge is 0.418 e. The molecule has 0 aliphatic heterocycles. The van der Waals surface area contributed by atoms with Gasteiger partial charge in [0, 0.05) is 18.3 Å². The zero-order valence-electron chi connectivity index (χ0n) is 7.84. The molecule has 0 aliphatic rings. The van der Waals surface area contributed by atoms with E-state index in [1.54, 1.807) is 6.92 Å². The van der Waals surface area contributed by atoms with Crippen molar-refractivity contribution in [3.63, 3.8) is 0 Å². The number of aromatic nitrogens is 2. The van der Waals surface area contributed by atoms with Crippen LogP contribution in [0.2, 0.25) is 0 Å². The van der Waals surface area contributed by atoms with Gasteiger partial charge < -0.3 is 5.11 Å². The van der Waals surface area contributed by atoms with Crippen molar-refractivity contribution in [1.29, 1.82) is 0 Å². The summed E-state index contributed by atoms with van der Waals surface area (Å²) in [5.74, 6) is 0. The number of aryl methyl sites for hydroxylation is 2. The van der Waals surface area contributed by atoms with Crippen molar-refractivity contribution >= 4 is 0 Å². The Morgan fingerprint density at radius 1 is 1.57 bits per heavy atom. The maximum atomic E-state index is 12.1. The van der Waals surface area contributed by atoms with E-state index in [0.717, 1.165) is 0 Å². The van der Waals surface area contributed by atoms with E-state index in [1.807, 2.05) is 0 Å². The van der Waals surface area contributed by atoms with Gasteiger partial charge in [-0.3, -0.25) is 4.68 Å². The molecule has 1 N–H and O–H groups in total. The summed E-state index contributed by atoms with van der Waals surface area (Å²) in [5, 5.41) is 12.8. The number of nitrogens with zero attached hydrogens (tertiary/aromatic N) is 2. The third-order valence-electron chi connectivity index (χ3n) is 1.91. The molecule has 0 unspecified atom stereocenters. The smallest absolute Gasteiger partial charge is 0.379 e. The highest BCUT2D eigenvalue weighted by Gasteiger charge is 2.41. The van der Waals surface area contributed by atoms with Crippen LogP contribution < -0.4 is 0 Å². The molecule has 14 heavy (non-hydrogen) atoms. The molecule has 1 heterocycles. The number of halogens is 3. The van der Waals surface area contributed by atoms with E-state index in [4.69, 9.17) is 5.11 Å². The summed E-state index contributed by atoms with van der Waals surface area (Å²) in [7, 11) is 0. The summed E-state index contributed by atoms with van der Waals surface area (Å²) < 4.78 is 37.8. The first-order chi connectivity index (χ1) is 6.36. The lowest BCUT2D eigenvalue weighted by molar-refractivity contribution is -0.207. The minimum Gasteiger partial charge on any atom is -0.379 e.